The predicted molar refractivity (Wildman–Crippen MR) is 101 cm³/mol. The van der Waals surface area contributed by atoms with Crippen molar-refractivity contribution in [3.05, 3.63) is 65.7 Å². The molecule has 3 N–H and O–H groups in total. The highest BCUT2D eigenvalue weighted by Gasteiger charge is 2.09. The summed E-state index contributed by atoms with van der Waals surface area (Å²) in [5.74, 6) is 1.43. The number of nitrogens with two attached hydrogens (primary N) is 1. The molecular formula is C21H30N2O. The van der Waals surface area contributed by atoms with Gasteiger partial charge in [-0.2, -0.15) is 0 Å². The number of ether oxygens (including phenoxy) is 1. The van der Waals surface area contributed by atoms with Crippen LogP contribution in [0.15, 0.2) is 54.6 Å². The van der Waals surface area contributed by atoms with Crippen molar-refractivity contribution >= 4 is 0 Å². The second-order valence-electron chi connectivity index (χ2n) is 6.72. The summed E-state index contributed by atoms with van der Waals surface area (Å²) < 4.78 is 5.83. The van der Waals surface area contributed by atoms with Crippen molar-refractivity contribution in [1.29, 1.82) is 0 Å². The van der Waals surface area contributed by atoms with Gasteiger partial charge in [0.25, 0.3) is 0 Å². The number of rotatable bonds is 9. The first-order valence-electron chi connectivity index (χ1n) is 8.82. The zero-order valence-electron chi connectivity index (χ0n) is 15.0. The van der Waals surface area contributed by atoms with Crippen LogP contribution < -0.4 is 15.8 Å². The van der Waals surface area contributed by atoms with Gasteiger partial charge in [0, 0.05) is 12.1 Å². The molecule has 0 aromatic heterocycles. The molecule has 0 fully saturated rings. The van der Waals surface area contributed by atoms with E-state index in [1.807, 2.05) is 30.3 Å². The Hall–Kier alpha value is -1.84. The molecule has 0 aliphatic carbocycles. The highest BCUT2D eigenvalue weighted by Crippen LogP contribution is 2.18. The largest absolute Gasteiger partial charge is 0.489 e. The van der Waals surface area contributed by atoms with Gasteiger partial charge in [0.05, 0.1) is 0 Å². The molecule has 2 aromatic carbocycles. The summed E-state index contributed by atoms with van der Waals surface area (Å²) in [6, 6.07) is 19.1. The first kappa shape index (κ1) is 18.5. The first-order valence-corrected chi connectivity index (χ1v) is 8.82. The van der Waals surface area contributed by atoms with Gasteiger partial charge >= 0.3 is 0 Å². The third-order valence-electron chi connectivity index (χ3n) is 4.41. The smallest absolute Gasteiger partial charge is 0.119 e. The van der Waals surface area contributed by atoms with Gasteiger partial charge in [-0.15, -0.1) is 0 Å². The Morgan fingerprint density at radius 1 is 0.958 bits per heavy atom. The second kappa shape index (κ2) is 9.45. The lowest BCUT2D eigenvalue weighted by molar-refractivity contribution is 0.306. The van der Waals surface area contributed by atoms with Crippen LogP contribution in [-0.2, 0) is 6.61 Å². The predicted octanol–water partition coefficient (Wildman–Crippen LogP) is 4.29. The normalized spacial score (nSPS) is 13.7. The van der Waals surface area contributed by atoms with Crippen molar-refractivity contribution in [1.82, 2.24) is 5.32 Å². The molecule has 1 unspecified atom stereocenters. The lowest BCUT2D eigenvalue weighted by Gasteiger charge is -2.19. The highest BCUT2D eigenvalue weighted by atomic mass is 16.5. The number of hydrogen-bond donors (Lipinski definition) is 2. The van der Waals surface area contributed by atoms with Gasteiger partial charge in [0.2, 0.25) is 0 Å². The topological polar surface area (TPSA) is 47.3 Å². The molecule has 0 aliphatic rings. The average molecular weight is 326 g/mol. The van der Waals surface area contributed by atoms with E-state index in [0.29, 0.717) is 18.6 Å². The van der Waals surface area contributed by atoms with E-state index in [0.717, 1.165) is 18.7 Å². The Morgan fingerprint density at radius 2 is 1.62 bits per heavy atom. The zero-order valence-corrected chi connectivity index (χ0v) is 15.0. The van der Waals surface area contributed by atoms with E-state index in [1.54, 1.807) is 0 Å². The van der Waals surface area contributed by atoms with Gasteiger partial charge in [-0.25, -0.2) is 0 Å². The van der Waals surface area contributed by atoms with Crippen molar-refractivity contribution in [2.75, 3.05) is 6.54 Å². The molecule has 3 heteroatoms. The lowest BCUT2D eigenvalue weighted by Crippen LogP contribution is -2.31. The molecule has 130 valence electrons. The number of hydrogen-bond acceptors (Lipinski definition) is 3. The minimum absolute atomic E-state index is 0.262. The van der Waals surface area contributed by atoms with Crippen molar-refractivity contribution in [3.63, 3.8) is 0 Å². The molecular weight excluding hydrogens is 296 g/mol. The lowest BCUT2D eigenvalue weighted by atomic mass is 10.0. The summed E-state index contributed by atoms with van der Waals surface area (Å²) >= 11 is 0. The summed E-state index contributed by atoms with van der Waals surface area (Å²) in [5.41, 5.74) is 8.53. The number of nitrogens with one attached hydrogen (secondary N) is 1. The van der Waals surface area contributed by atoms with Gasteiger partial charge in [-0.1, -0.05) is 56.3 Å². The maximum atomic E-state index is 6.09. The van der Waals surface area contributed by atoms with Gasteiger partial charge in [0.15, 0.2) is 0 Å². The Morgan fingerprint density at radius 3 is 2.25 bits per heavy atom. The van der Waals surface area contributed by atoms with Crippen molar-refractivity contribution in [2.24, 2.45) is 11.7 Å². The van der Waals surface area contributed by atoms with Gasteiger partial charge in [-0.05, 0) is 49.1 Å². The SMILES string of the molecule is CC(NCC[C@@H](N)C(C)C)c1ccc(OCc2ccccc2)cc1. The van der Waals surface area contributed by atoms with E-state index < -0.39 is 0 Å². The van der Waals surface area contributed by atoms with Gasteiger partial charge in [0.1, 0.15) is 12.4 Å². The van der Waals surface area contributed by atoms with Crippen molar-refractivity contribution < 1.29 is 4.74 Å². The van der Waals surface area contributed by atoms with E-state index in [2.05, 4.69) is 50.4 Å². The van der Waals surface area contributed by atoms with E-state index in [4.69, 9.17) is 10.5 Å². The van der Waals surface area contributed by atoms with Crippen LogP contribution in [0.2, 0.25) is 0 Å². The molecule has 0 bridgehead atoms. The molecule has 2 atom stereocenters. The fourth-order valence-electron chi connectivity index (χ4n) is 2.51. The first-order chi connectivity index (χ1) is 11.6. The maximum Gasteiger partial charge on any atom is 0.119 e. The molecule has 0 aliphatic heterocycles. The molecule has 0 amide bonds. The van der Waals surface area contributed by atoms with E-state index in [1.165, 1.54) is 11.1 Å². The third-order valence-corrected chi connectivity index (χ3v) is 4.41. The molecule has 3 nitrogen and oxygen atoms in total. The summed E-state index contributed by atoms with van der Waals surface area (Å²) in [5, 5.41) is 3.54. The Bertz CT molecular complexity index is 581. The molecule has 0 heterocycles. The molecule has 0 spiro atoms. The van der Waals surface area contributed by atoms with Crippen molar-refractivity contribution in [2.45, 2.75) is 45.9 Å². The molecule has 2 aromatic rings. The van der Waals surface area contributed by atoms with Crippen LogP contribution in [0.5, 0.6) is 5.75 Å². The maximum absolute atomic E-state index is 6.09. The summed E-state index contributed by atoms with van der Waals surface area (Å²) in [7, 11) is 0. The quantitative estimate of drug-likeness (QED) is 0.722. The van der Waals surface area contributed by atoms with Crippen LogP contribution in [0.25, 0.3) is 0 Å². The van der Waals surface area contributed by atoms with Crippen LogP contribution in [0.4, 0.5) is 0 Å². The van der Waals surface area contributed by atoms with Gasteiger partial charge < -0.3 is 15.8 Å². The Balaban J connectivity index is 1.78. The van der Waals surface area contributed by atoms with Crippen LogP contribution in [0.3, 0.4) is 0 Å². The van der Waals surface area contributed by atoms with Crippen LogP contribution in [0.1, 0.15) is 44.4 Å². The number of benzene rings is 2. The molecule has 0 saturated carbocycles. The van der Waals surface area contributed by atoms with E-state index >= 15 is 0 Å². The third kappa shape index (κ3) is 5.99. The Kier molecular flexibility index (Phi) is 7.29. The monoisotopic (exact) mass is 326 g/mol. The van der Waals surface area contributed by atoms with Gasteiger partial charge in [-0.3, -0.25) is 0 Å². The summed E-state index contributed by atoms with van der Waals surface area (Å²) in [4.78, 5) is 0. The average Bonchev–Trinajstić information content (AvgIpc) is 2.61. The fraction of sp³-hybridized carbons (Fsp3) is 0.429. The zero-order chi connectivity index (χ0) is 17.4. The molecule has 0 saturated heterocycles. The van der Waals surface area contributed by atoms with Crippen molar-refractivity contribution in [3.8, 4) is 5.75 Å². The molecule has 2 rings (SSSR count). The van der Waals surface area contributed by atoms with Crippen LogP contribution in [0, 0.1) is 5.92 Å². The van der Waals surface area contributed by atoms with E-state index in [-0.39, 0.29) is 6.04 Å². The minimum Gasteiger partial charge on any atom is -0.489 e. The van der Waals surface area contributed by atoms with E-state index in [9.17, 15) is 0 Å². The Labute approximate surface area is 146 Å². The highest BCUT2D eigenvalue weighted by molar-refractivity contribution is 5.29. The van der Waals surface area contributed by atoms with Crippen LogP contribution in [-0.4, -0.2) is 12.6 Å². The second-order valence-corrected chi connectivity index (χ2v) is 6.72. The standard InChI is InChI=1S/C21H30N2O/c1-16(2)21(22)13-14-23-17(3)19-9-11-20(12-10-19)24-15-18-7-5-4-6-8-18/h4-12,16-17,21,23H,13-15,22H2,1-3H3/t17?,21-/m1/s1. The fourth-order valence-corrected chi connectivity index (χ4v) is 2.51. The summed E-state index contributed by atoms with van der Waals surface area (Å²) in [6.45, 7) is 8.05. The van der Waals surface area contributed by atoms with Crippen LogP contribution >= 0.6 is 0 Å². The molecule has 24 heavy (non-hydrogen) atoms. The summed E-state index contributed by atoms with van der Waals surface area (Å²) in [6.07, 6.45) is 1.00. The molecule has 0 radical (unpaired) electrons. The minimum atomic E-state index is 0.262.